The van der Waals surface area contributed by atoms with E-state index in [9.17, 15) is 14.7 Å². The lowest BCUT2D eigenvalue weighted by Crippen LogP contribution is -2.44. The quantitative estimate of drug-likeness (QED) is 0.626. The van der Waals surface area contributed by atoms with Crippen molar-refractivity contribution in [3.63, 3.8) is 0 Å². The fourth-order valence-corrected chi connectivity index (χ4v) is 3.86. The van der Waals surface area contributed by atoms with Gasteiger partial charge in [0.15, 0.2) is 0 Å². The van der Waals surface area contributed by atoms with E-state index in [0.29, 0.717) is 21.4 Å². The maximum atomic E-state index is 12.5. The minimum atomic E-state index is -1.02. The summed E-state index contributed by atoms with van der Waals surface area (Å²) in [5.41, 5.74) is 0.888. The third-order valence-electron chi connectivity index (χ3n) is 3.11. The molecule has 22 heavy (non-hydrogen) atoms. The Morgan fingerprint density at radius 1 is 1.45 bits per heavy atom. The average Bonchev–Trinajstić information content (AvgIpc) is 2.76. The number of amides is 1. The van der Waals surface area contributed by atoms with Gasteiger partial charge in [0.2, 0.25) is 0 Å². The zero-order valence-corrected chi connectivity index (χ0v) is 14.3. The SMILES string of the molecule is CSCC[C@@H](C(=O)O)N1C(=O)/C(=C\c2ccccc2)SC1=S. The molecule has 2 rings (SSSR count). The Labute approximate surface area is 143 Å². The number of hydrogen-bond donors (Lipinski definition) is 1. The number of carboxylic acids is 1. The van der Waals surface area contributed by atoms with Gasteiger partial charge in [-0.2, -0.15) is 11.8 Å². The van der Waals surface area contributed by atoms with Gasteiger partial charge >= 0.3 is 5.97 Å². The molecule has 1 fully saturated rings. The first-order valence-corrected chi connectivity index (χ1v) is 9.20. The van der Waals surface area contributed by atoms with Crippen LogP contribution in [-0.4, -0.2) is 44.3 Å². The van der Waals surface area contributed by atoms with Gasteiger partial charge < -0.3 is 5.11 Å². The van der Waals surface area contributed by atoms with Crippen LogP contribution < -0.4 is 0 Å². The number of aliphatic carboxylic acids is 1. The molecule has 0 aliphatic carbocycles. The first-order valence-electron chi connectivity index (χ1n) is 6.58. The van der Waals surface area contributed by atoms with Crippen LogP contribution in [0.3, 0.4) is 0 Å². The topological polar surface area (TPSA) is 57.6 Å². The van der Waals surface area contributed by atoms with Crippen molar-refractivity contribution >= 4 is 58.0 Å². The highest BCUT2D eigenvalue weighted by Crippen LogP contribution is 2.34. The molecule has 0 spiro atoms. The van der Waals surface area contributed by atoms with Crippen molar-refractivity contribution in [1.29, 1.82) is 0 Å². The van der Waals surface area contributed by atoms with Crippen LogP contribution >= 0.6 is 35.7 Å². The molecule has 0 unspecified atom stereocenters. The van der Waals surface area contributed by atoms with Crippen molar-refractivity contribution in [2.75, 3.05) is 12.0 Å². The van der Waals surface area contributed by atoms with E-state index in [4.69, 9.17) is 12.2 Å². The lowest BCUT2D eigenvalue weighted by atomic mass is 10.2. The van der Waals surface area contributed by atoms with Gasteiger partial charge in [-0.25, -0.2) is 4.79 Å². The van der Waals surface area contributed by atoms with Crippen LogP contribution in [0.4, 0.5) is 0 Å². The van der Waals surface area contributed by atoms with Crippen LogP contribution in [-0.2, 0) is 9.59 Å². The number of thioether (sulfide) groups is 2. The maximum absolute atomic E-state index is 12.5. The molecule has 1 aromatic rings. The Bertz CT molecular complexity index is 616. The summed E-state index contributed by atoms with van der Waals surface area (Å²) in [4.78, 5) is 25.7. The van der Waals surface area contributed by atoms with Gasteiger partial charge in [0.1, 0.15) is 10.4 Å². The molecule has 0 saturated carbocycles. The van der Waals surface area contributed by atoms with Crippen LogP contribution in [0.5, 0.6) is 0 Å². The number of nitrogens with zero attached hydrogens (tertiary/aromatic N) is 1. The van der Waals surface area contributed by atoms with E-state index >= 15 is 0 Å². The number of carbonyl (C=O) groups excluding carboxylic acids is 1. The largest absolute Gasteiger partial charge is 0.480 e. The molecule has 1 aromatic carbocycles. The fraction of sp³-hybridized carbons (Fsp3) is 0.267. The van der Waals surface area contributed by atoms with Crippen molar-refractivity contribution < 1.29 is 14.7 Å². The van der Waals surface area contributed by atoms with E-state index in [1.807, 2.05) is 36.6 Å². The van der Waals surface area contributed by atoms with Gasteiger partial charge in [0.25, 0.3) is 5.91 Å². The van der Waals surface area contributed by atoms with Gasteiger partial charge in [-0.1, -0.05) is 54.3 Å². The minimum absolute atomic E-state index is 0.306. The van der Waals surface area contributed by atoms with E-state index < -0.39 is 12.0 Å². The second-order valence-corrected chi connectivity index (χ2v) is 7.26. The van der Waals surface area contributed by atoms with E-state index in [1.54, 1.807) is 17.8 Å². The van der Waals surface area contributed by atoms with E-state index in [0.717, 1.165) is 17.3 Å². The van der Waals surface area contributed by atoms with Gasteiger partial charge in [0, 0.05) is 0 Å². The van der Waals surface area contributed by atoms with Crippen molar-refractivity contribution in [2.45, 2.75) is 12.5 Å². The predicted molar refractivity (Wildman–Crippen MR) is 95.9 cm³/mol. The van der Waals surface area contributed by atoms with Crippen LogP contribution in [0, 0.1) is 0 Å². The molecule has 0 aromatic heterocycles. The molecule has 0 bridgehead atoms. The molecule has 1 aliphatic rings. The molecular weight excluding hydrogens is 338 g/mol. The number of carboxylic acid groups (broad SMARTS) is 1. The zero-order chi connectivity index (χ0) is 16.1. The number of hydrogen-bond acceptors (Lipinski definition) is 5. The third kappa shape index (κ3) is 3.91. The Balaban J connectivity index is 2.24. The summed E-state index contributed by atoms with van der Waals surface area (Å²) in [5.74, 6) is -0.690. The van der Waals surface area contributed by atoms with Crippen molar-refractivity contribution in [3.8, 4) is 0 Å². The molecular formula is C15H15NO3S3. The molecule has 1 heterocycles. The maximum Gasteiger partial charge on any atom is 0.326 e. The average molecular weight is 353 g/mol. The highest BCUT2D eigenvalue weighted by atomic mass is 32.2. The minimum Gasteiger partial charge on any atom is -0.480 e. The Kier molecular flexibility index (Phi) is 6.05. The molecule has 1 atom stereocenters. The monoisotopic (exact) mass is 353 g/mol. The predicted octanol–water partition coefficient (Wildman–Crippen LogP) is 3.09. The molecule has 1 saturated heterocycles. The molecule has 1 amide bonds. The van der Waals surface area contributed by atoms with Crippen molar-refractivity contribution in [3.05, 3.63) is 40.8 Å². The summed E-state index contributed by atoms with van der Waals surface area (Å²) in [6.45, 7) is 0. The number of carbonyl (C=O) groups is 2. The summed E-state index contributed by atoms with van der Waals surface area (Å²) in [6, 6.07) is 8.52. The smallest absolute Gasteiger partial charge is 0.326 e. The van der Waals surface area contributed by atoms with Gasteiger partial charge in [0.05, 0.1) is 4.91 Å². The summed E-state index contributed by atoms with van der Waals surface area (Å²) < 4.78 is 0.306. The van der Waals surface area contributed by atoms with Crippen molar-refractivity contribution in [1.82, 2.24) is 4.90 Å². The second kappa shape index (κ2) is 7.80. The lowest BCUT2D eigenvalue weighted by molar-refractivity contribution is -0.145. The van der Waals surface area contributed by atoms with E-state index in [1.165, 1.54) is 4.90 Å². The Morgan fingerprint density at radius 2 is 2.14 bits per heavy atom. The molecule has 116 valence electrons. The fourth-order valence-electron chi connectivity index (χ4n) is 2.04. The summed E-state index contributed by atoms with van der Waals surface area (Å²) in [5, 5.41) is 9.38. The summed E-state index contributed by atoms with van der Waals surface area (Å²) in [7, 11) is 0. The molecule has 4 nitrogen and oxygen atoms in total. The van der Waals surface area contributed by atoms with Crippen LogP contribution in [0.15, 0.2) is 35.2 Å². The molecule has 7 heteroatoms. The van der Waals surface area contributed by atoms with E-state index in [-0.39, 0.29) is 5.91 Å². The summed E-state index contributed by atoms with van der Waals surface area (Å²) >= 11 is 7.91. The number of rotatable bonds is 6. The molecule has 1 N–H and O–H groups in total. The highest BCUT2D eigenvalue weighted by Gasteiger charge is 2.40. The first kappa shape index (κ1) is 17.1. The van der Waals surface area contributed by atoms with Crippen LogP contribution in [0.25, 0.3) is 6.08 Å². The van der Waals surface area contributed by atoms with Crippen LogP contribution in [0.1, 0.15) is 12.0 Å². The molecule has 0 radical (unpaired) electrons. The highest BCUT2D eigenvalue weighted by molar-refractivity contribution is 8.26. The summed E-state index contributed by atoms with van der Waals surface area (Å²) in [6.07, 6.45) is 4.02. The Morgan fingerprint density at radius 3 is 2.73 bits per heavy atom. The van der Waals surface area contributed by atoms with Gasteiger partial charge in [-0.3, -0.25) is 9.69 Å². The van der Waals surface area contributed by atoms with Gasteiger partial charge in [-0.05, 0) is 30.1 Å². The Hall–Kier alpha value is -1.31. The number of benzene rings is 1. The standard InChI is InChI=1S/C15H15NO3S3/c1-21-8-7-11(14(18)19)16-13(17)12(22-15(16)20)9-10-5-3-2-4-6-10/h2-6,9,11H,7-8H2,1H3,(H,18,19)/b12-9+/t11-/m0/s1. The first-order chi connectivity index (χ1) is 10.5. The van der Waals surface area contributed by atoms with Gasteiger partial charge in [-0.15, -0.1) is 0 Å². The van der Waals surface area contributed by atoms with Crippen LogP contribution in [0.2, 0.25) is 0 Å². The van der Waals surface area contributed by atoms with E-state index in [2.05, 4.69) is 0 Å². The third-order valence-corrected chi connectivity index (χ3v) is 5.09. The normalized spacial score (nSPS) is 18.0. The number of thiocarbonyl (C=S) groups is 1. The zero-order valence-electron chi connectivity index (χ0n) is 11.9. The molecule has 1 aliphatic heterocycles. The lowest BCUT2D eigenvalue weighted by Gasteiger charge is -2.22. The van der Waals surface area contributed by atoms with Crippen molar-refractivity contribution in [2.24, 2.45) is 0 Å². The second-order valence-electron chi connectivity index (χ2n) is 4.60.